The van der Waals surface area contributed by atoms with Crippen LogP contribution in [0.1, 0.15) is 5.56 Å². The second-order valence-electron chi connectivity index (χ2n) is 2.25. The van der Waals surface area contributed by atoms with E-state index in [2.05, 4.69) is 23.8 Å². The molecule has 0 aliphatic rings. The van der Waals surface area contributed by atoms with Crippen molar-refractivity contribution in [1.29, 1.82) is 5.26 Å². The van der Waals surface area contributed by atoms with Gasteiger partial charge in [0.05, 0.1) is 16.4 Å². The molecule has 0 atom stereocenters. The molecular formula is C9H5F3N2S. The summed E-state index contributed by atoms with van der Waals surface area (Å²) >= 11 is 4.27. The average molecular weight is 230 g/mol. The number of nitriles is 1. The molecule has 78 valence electrons. The zero-order valence-electron chi connectivity index (χ0n) is 7.32. The molecule has 1 aromatic rings. The minimum atomic E-state index is -4.34. The number of benzene rings is 1. The Kier molecular flexibility index (Phi) is 5.24. The first kappa shape index (κ1) is 13.3. The minimum Gasteiger partial charge on any atom is -0.202 e. The van der Waals surface area contributed by atoms with Crippen molar-refractivity contribution in [2.75, 3.05) is 0 Å². The second-order valence-corrected chi connectivity index (χ2v) is 2.43. The van der Waals surface area contributed by atoms with Gasteiger partial charge in [-0.1, -0.05) is 6.07 Å². The number of nitrogens with zero attached hydrogens (tertiary/aromatic N) is 2. The van der Waals surface area contributed by atoms with Gasteiger partial charge in [-0.3, -0.25) is 0 Å². The lowest BCUT2D eigenvalue weighted by Gasteiger charge is -2.05. The van der Waals surface area contributed by atoms with E-state index in [4.69, 9.17) is 5.26 Å². The van der Waals surface area contributed by atoms with Crippen LogP contribution in [0.3, 0.4) is 0 Å². The van der Waals surface area contributed by atoms with Crippen LogP contribution >= 0.6 is 12.2 Å². The average Bonchev–Trinajstić information content (AvgIpc) is 2.21. The van der Waals surface area contributed by atoms with Crippen molar-refractivity contribution in [3.63, 3.8) is 0 Å². The van der Waals surface area contributed by atoms with E-state index in [-0.39, 0.29) is 5.69 Å². The second kappa shape index (κ2) is 5.91. The molecule has 0 heterocycles. The molecule has 0 aliphatic carbocycles. The molecule has 1 rings (SSSR count). The minimum absolute atomic E-state index is 0.157. The fourth-order valence-corrected chi connectivity index (χ4v) is 0.910. The number of aliphatic imine (C=N–C) groups is 1. The fraction of sp³-hybridized carbons (Fsp3) is 0.111. The number of halogens is 3. The van der Waals surface area contributed by atoms with Gasteiger partial charge in [0.1, 0.15) is 0 Å². The molecule has 0 radical (unpaired) electrons. The largest absolute Gasteiger partial charge is 0.416 e. The van der Waals surface area contributed by atoms with Crippen LogP contribution in [-0.2, 0) is 6.18 Å². The summed E-state index contributed by atoms with van der Waals surface area (Å²) in [5.41, 5.74) is -0.580. The smallest absolute Gasteiger partial charge is 0.202 e. The van der Waals surface area contributed by atoms with E-state index in [1.807, 2.05) is 5.16 Å². The molecule has 0 unspecified atom stereocenters. The van der Waals surface area contributed by atoms with Gasteiger partial charge in [-0.15, -0.1) is 0 Å². The summed E-state index contributed by atoms with van der Waals surface area (Å²) in [6, 6.07) is 4.59. The molecule has 0 bridgehead atoms. The van der Waals surface area contributed by atoms with Crippen LogP contribution in [0.25, 0.3) is 0 Å². The quantitative estimate of drug-likeness (QED) is 0.546. The Balaban J connectivity index is 0.000000921. The number of alkyl halides is 3. The van der Waals surface area contributed by atoms with Crippen molar-refractivity contribution < 1.29 is 13.2 Å². The molecule has 6 heteroatoms. The summed E-state index contributed by atoms with van der Waals surface area (Å²) in [4.78, 5) is 3.45. The first-order chi connectivity index (χ1) is 7.04. The van der Waals surface area contributed by atoms with E-state index in [9.17, 15) is 13.2 Å². The zero-order chi connectivity index (χ0) is 11.9. The van der Waals surface area contributed by atoms with Crippen LogP contribution < -0.4 is 0 Å². The maximum Gasteiger partial charge on any atom is 0.416 e. The Bertz CT molecular complexity index is 392. The number of rotatable bonds is 1. The molecule has 0 fully saturated rings. The van der Waals surface area contributed by atoms with Gasteiger partial charge in [0.2, 0.25) is 0 Å². The zero-order valence-corrected chi connectivity index (χ0v) is 8.14. The van der Waals surface area contributed by atoms with Gasteiger partial charge >= 0.3 is 6.18 Å². The fourth-order valence-electron chi connectivity index (χ4n) is 0.804. The molecule has 0 N–H and O–H groups in total. The number of hydrogen-bond donors (Lipinski definition) is 0. The Morgan fingerprint density at radius 2 is 1.93 bits per heavy atom. The normalized spacial score (nSPS) is 9.40. The van der Waals surface area contributed by atoms with E-state index in [1.54, 1.807) is 0 Å². The van der Waals surface area contributed by atoms with Gasteiger partial charge in [-0.05, 0) is 30.4 Å². The van der Waals surface area contributed by atoms with Crippen LogP contribution in [0.5, 0.6) is 0 Å². The summed E-state index contributed by atoms with van der Waals surface area (Å²) in [6.07, 6.45) is -4.34. The molecular weight excluding hydrogens is 225 g/mol. The predicted octanol–water partition coefficient (Wildman–Crippen LogP) is 3.58. The number of hydrogen-bond acceptors (Lipinski definition) is 3. The highest BCUT2D eigenvalue weighted by atomic mass is 32.1. The Labute approximate surface area is 89.7 Å². The Hall–Kier alpha value is -1.70. The lowest BCUT2D eigenvalue weighted by atomic mass is 10.2. The molecule has 0 aliphatic heterocycles. The van der Waals surface area contributed by atoms with Gasteiger partial charge in [0.15, 0.2) is 0 Å². The third-order valence-electron chi connectivity index (χ3n) is 1.35. The van der Waals surface area contributed by atoms with E-state index < -0.39 is 11.7 Å². The van der Waals surface area contributed by atoms with Crippen LogP contribution in [0.2, 0.25) is 0 Å². The van der Waals surface area contributed by atoms with Gasteiger partial charge in [-0.2, -0.15) is 18.2 Å². The lowest BCUT2D eigenvalue weighted by Crippen LogP contribution is -2.03. The maximum absolute atomic E-state index is 12.1. The summed E-state index contributed by atoms with van der Waals surface area (Å²) in [7, 11) is 0. The summed E-state index contributed by atoms with van der Waals surface area (Å²) in [6.45, 7) is 3.50. The maximum atomic E-state index is 12.1. The number of thiocarbonyl (C=S) groups is 1. The topological polar surface area (TPSA) is 36.1 Å². The first-order valence-electron chi connectivity index (χ1n) is 3.55. The third-order valence-corrected chi connectivity index (χ3v) is 1.44. The van der Waals surface area contributed by atoms with Crippen molar-refractivity contribution in [3.8, 4) is 6.57 Å². The molecule has 0 amide bonds. The summed E-state index contributed by atoms with van der Waals surface area (Å²) in [5, 5.41) is 8.50. The monoisotopic (exact) mass is 230 g/mol. The third kappa shape index (κ3) is 4.36. The van der Waals surface area contributed by atoms with Gasteiger partial charge in [0, 0.05) is 6.57 Å². The van der Waals surface area contributed by atoms with Crippen LogP contribution in [-0.4, -0.2) is 5.16 Å². The van der Waals surface area contributed by atoms with E-state index >= 15 is 0 Å². The molecule has 0 saturated carbocycles. The predicted molar refractivity (Wildman–Crippen MR) is 52.8 cm³/mol. The molecule has 0 spiro atoms. The molecule has 1 aromatic carbocycles. The van der Waals surface area contributed by atoms with Crippen molar-refractivity contribution in [2.24, 2.45) is 4.99 Å². The molecule has 0 saturated heterocycles. The lowest BCUT2D eigenvalue weighted by molar-refractivity contribution is -0.137. The Morgan fingerprint density at radius 3 is 2.40 bits per heavy atom. The highest BCUT2D eigenvalue weighted by Crippen LogP contribution is 2.31. The van der Waals surface area contributed by atoms with E-state index in [0.29, 0.717) is 0 Å². The molecule has 0 aromatic heterocycles. The summed E-state index contributed by atoms with van der Waals surface area (Å²) < 4.78 is 36.4. The van der Waals surface area contributed by atoms with Crippen LogP contribution in [0.4, 0.5) is 18.9 Å². The van der Waals surface area contributed by atoms with Gasteiger partial charge in [0.25, 0.3) is 0 Å². The molecule has 15 heavy (non-hydrogen) atoms. The van der Waals surface area contributed by atoms with Crippen molar-refractivity contribution in [2.45, 2.75) is 6.18 Å². The van der Waals surface area contributed by atoms with Crippen molar-refractivity contribution >= 4 is 23.1 Å². The highest BCUT2D eigenvalue weighted by Gasteiger charge is 2.30. The van der Waals surface area contributed by atoms with Crippen molar-refractivity contribution in [3.05, 3.63) is 29.8 Å². The standard InChI is InChI=1S/C8H4F3NS.CHN/c9-8(10,11)6-2-1-3-7(4-6)12-5-13;1-2/h1-4H;1H. The first-order valence-corrected chi connectivity index (χ1v) is 3.96. The molecule has 2 nitrogen and oxygen atoms in total. The number of isothiocyanates is 1. The van der Waals surface area contributed by atoms with Gasteiger partial charge < -0.3 is 0 Å². The van der Waals surface area contributed by atoms with Crippen molar-refractivity contribution in [1.82, 2.24) is 0 Å². The van der Waals surface area contributed by atoms with E-state index in [0.717, 1.165) is 12.1 Å². The van der Waals surface area contributed by atoms with Crippen LogP contribution in [0.15, 0.2) is 29.3 Å². The van der Waals surface area contributed by atoms with E-state index in [1.165, 1.54) is 12.1 Å². The Morgan fingerprint density at radius 1 is 1.33 bits per heavy atom. The van der Waals surface area contributed by atoms with Crippen LogP contribution in [0, 0.1) is 11.8 Å². The highest BCUT2D eigenvalue weighted by molar-refractivity contribution is 7.78. The SMILES string of the molecule is C#N.FC(F)(F)c1cccc(N=C=S)c1. The van der Waals surface area contributed by atoms with Gasteiger partial charge in [-0.25, -0.2) is 5.26 Å². The summed E-state index contributed by atoms with van der Waals surface area (Å²) in [5.74, 6) is 0.